The largest absolute Gasteiger partial charge is 0.337 e. The van der Waals surface area contributed by atoms with Crippen molar-refractivity contribution in [2.75, 3.05) is 5.32 Å². The minimum absolute atomic E-state index is 0.297. The number of hydrogen-bond acceptors (Lipinski definition) is 5. The summed E-state index contributed by atoms with van der Waals surface area (Å²) in [5.74, 6) is 0.945. The highest BCUT2D eigenvalue weighted by molar-refractivity contribution is 8.00. The number of carbonyl (C=O) groups is 1. The molecule has 6 nitrogen and oxygen atoms in total. The fourth-order valence-electron chi connectivity index (χ4n) is 2.73. The monoisotopic (exact) mass is 346 g/mol. The average Bonchev–Trinajstić information content (AvgIpc) is 3.21. The molecule has 1 aromatic carbocycles. The predicted octanol–water partition coefficient (Wildman–Crippen LogP) is 4.30. The topological polar surface area (TPSA) is 80.0 Å². The lowest BCUT2D eigenvalue weighted by atomic mass is 10.3. The number of hydrogen-bond donors (Lipinski definition) is 2. The van der Waals surface area contributed by atoms with Crippen molar-refractivity contribution in [1.29, 1.82) is 0 Å². The molecule has 1 saturated carbocycles. The van der Waals surface area contributed by atoms with Crippen LogP contribution in [0, 0.1) is 6.92 Å². The lowest BCUT2D eigenvalue weighted by Gasteiger charge is -2.12. The normalized spacial score (nSPS) is 16.1. The number of carbonyl (C=O) groups excluding carboxylic acids is 1. The highest BCUT2D eigenvalue weighted by atomic mass is 32.2. The minimum Gasteiger partial charge on any atom is -0.337 e. The smallest absolute Gasteiger partial charge is 0.319 e. The number of benzene rings is 1. The molecule has 2 amide bonds. The second kappa shape index (κ2) is 7.70. The number of amides is 2. The summed E-state index contributed by atoms with van der Waals surface area (Å²) < 4.78 is 5.05. The van der Waals surface area contributed by atoms with Crippen LogP contribution in [-0.2, 0) is 0 Å². The van der Waals surface area contributed by atoms with Crippen molar-refractivity contribution < 1.29 is 9.32 Å². The van der Waals surface area contributed by atoms with Gasteiger partial charge in [0.15, 0.2) is 5.82 Å². The number of aromatic nitrogens is 2. The summed E-state index contributed by atoms with van der Waals surface area (Å²) in [5, 5.41) is 10.1. The molecule has 0 saturated heterocycles. The molecule has 1 fully saturated rings. The molecular formula is C17H22N4O2S. The summed E-state index contributed by atoms with van der Waals surface area (Å²) in [6.07, 6.45) is 5.30. The fourth-order valence-corrected chi connectivity index (χ4v) is 3.98. The molecule has 0 bridgehead atoms. The van der Waals surface area contributed by atoms with Gasteiger partial charge in [0.1, 0.15) is 6.04 Å². The van der Waals surface area contributed by atoms with Crippen LogP contribution in [0.1, 0.15) is 50.4 Å². The quantitative estimate of drug-likeness (QED) is 0.844. The standard InChI is InChI=1S/C17H22N4O2S/c1-11(16-19-12(2)21-23-16)18-17(22)20-13-7-9-15(10-8-13)24-14-5-3-4-6-14/h7-11,14H,3-6H2,1-2H3,(H2,18,20,22)/t11-/m1/s1. The molecule has 3 rings (SSSR count). The van der Waals surface area contributed by atoms with Gasteiger partial charge in [-0.05, 0) is 51.0 Å². The number of anilines is 1. The molecule has 0 spiro atoms. The van der Waals surface area contributed by atoms with Crippen LogP contribution < -0.4 is 10.6 Å². The Balaban J connectivity index is 1.50. The van der Waals surface area contributed by atoms with E-state index in [0.29, 0.717) is 11.7 Å². The van der Waals surface area contributed by atoms with Gasteiger partial charge >= 0.3 is 6.03 Å². The van der Waals surface area contributed by atoms with Crippen molar-refractivity contribution in [2.45, 2.75) is 55.7 Å². The maximum atomic E-state index is 12.0. The number of nitrogens with one attached hydrogen (secondary N) is 2. The Bertz CT molecular complexity index is 680. The van der Waals surface area contributed by atoms with E-state index in [0.717, 1.165) is 10.9 Å². The number of thioether (sulfide) groups is 1. The molecule has 128 valence electrons. The van der Waals surface area contributed by atoms with Crippen LogP contribution in [0.5, 0.6) is 0 Å². The van der Waals surface area contributed by atoms with Gasteiger partial charge in [-0.1, -0.05) is 18.0 Å². The number of rotatable bonds is 5. The maximum Gasteiger partial charge on any atom is 0.319 e. The first-order chi connectivity index (χ1) is 11.6. The van der Waals surface area contributed by atoms with Crippen LogP contribution >= 0.6 is 11.8 Å². The molecule has 1 aromatic heterocycles. The first-order valence-electron chi connectivity index (χ1n) is 8.24. The summed E-state index contributed by atoms with van der Waals surface area (Å²) in [4.78, 5) is 17.4. The predicted molar refractivity (Wildman–Crippen MR) is 94.2 cm³/mol. The van der Waals surface area contributed by atoms with E-state index in [1.807, 2.05) is 23.9 Å². The molecule has 0 radical (unpaired) electrons. The zero-order valence-corrected chi connectivity index (χ0v) is 14.7. The second-order valence-corrected chi connectivity index (χ2v) is 7.42. The van der Waals surface area contributed by atoms with E-state index in [1.54, 1.807) is 13.8 Å². The molecule has 2 N–H and O–H groups in total. The first-order valence-corrected chi connectivity index (χ1v) is 9.12. The van der Waals surface area contributed by atoms with Crippen LogP contribution in [-0.4, -0.2) is 21.4 Å². The summed E-state index contributed by atoms with van der Waals surface area (Å²) in [6, 6.07) is 7.33. The van der Waals surface area contributed by atoms with E-state index < -0.39 is 0 Å². The Hall–Kier alpha value is -2.02. The molecule has 1 atom stereocenters. The highest BCUT2D eigenvalue weighted by Crippen LogP contribution is 2.34. The van der Waals surface area contributed by atoms with Gasteiger partial charge in [0.25, 0.3) is 0 Å². The van der Waals surface area contributed by atoms with Crippen LogP contribution in [0.25, 0.3) is 0 Å². The molecule has 1 heterocycles. The second-order valence-electron chi connectivity index (χ2n) is 6.05. The van der Waals surface area contributed by atoms with E-state index in [1.165, 1.54) is 30.6 Å². The van der Waals surface area contributed by atoms with Gasteiger partial charge < -0.3 is 15.2 Å². The molecule has 24 heavy (non-hydrogen) atoms. The van der Waals surface area contributed by atoms with Gasteiger partial charge in [0.05, 0.1) is 0 Å². The summed E-state index contributed by atoms with van der Waals surface area (Å²) in [6.45, 7) is 3.54. The molecule has 0 aliphatic heterocycles. The van der Waals surface area contributed by atoms with Crippen molar-refractivity contribution >= 4 is 23.5 Å². The SMILES string of the molecule is Cc1noc([C@@H](C)NC(=O)Nc2ccc(SC3CCCC3)cc2)n1. The van der Waals surface area contributed by atoms with E-state index in [4.69, 9.17) is 4.52 Å². The van der Waals surface area contributed by atoms with Crippen molar-refractivity contribution in [3.8, 4) is 0 Å². The Morgan fingerprint density at radius 3 is 2.62 bits per heavy atom. The van der Waals surface area contributed by atoms with Gasteiger partial charge in [-0.3, -0.25) is 0 Å². The summed E-state index contributed by atoms with van der Waals surface area (Å²) >= 11 is 1.93. The van der Waals surface area contributed by atoms with Crippen molar-refractivity contribution in [1.82, 2.24) is 15.5 Å². The third kappa shape index (κ3) is 4.50. The van der Waals surface area contributed by atoms with Crippen molar-refractivity contribution in [3.63, 3.8) is 0 Å². The third-order valence-electron chi connectivity index (χ3n) is 3.98. The Morgan fingerprint density at radius 1 is 1.29 bits per heavy atom. The highest BCUT2D eigenvalue weighted by Gasteiger charge is 2.17. The van der Waals surface area contributed by atoms with E-state index >= 15 is 0 Å². The van der Waals surface area contributed by atoms with E-state index in [9.17, 15) is 4.79 Å². The Morgan fingerprint density at radius 2 is 2.00 bits per heavy atom. The third-order valence-corrected chi connectivity index (χ3v) is 5.33. The average molecular weight is 346 g/mol. The van der Waals surface area contributed by atoms with Crippen LogP contribution in [0.3, 0.4) is 0 Å². The van der Waals surface area contributed by atoms with Gasteiger partial charge in [-0.2, -0.15) is 4.98 Å². The van der Waals surface area contributed by atoms with Crippen molar-refractivity contribution in [3.05, 3.63) is 36.0 Å². The number of nitrogens with zero attached hydrogens (tertiary/aromatic N) is 2. The number of urea groups is 1. The van der Waals surface area contributed by atoms with E-state index in [-0.39, 0.29) is 12.1 Å². The fraction of sp³-hybridized carbons (Fsp3) is 0.471. The van der Waals surface area contributed by atoms with Crippen LogP contribution in [0.2, 0.25) is 0 Å². The van der Waals surface area contributed by atoms with Gasteiger partial charge in [0.2, 0.25) is 5.89 Å². The molecule has 1 aliphatic carbocycles. The van der Waals surface area contributed by atoms with Crippen LogP contribution in [0.4, 0.5) is 10.5 Å². The molecule has 7 heteroatoms. The zero-order chi connectivity index (χ0) is 16.9. The van der Waals surface area contributed by atoms with Gasteiger partial charge in [0, 0.05) is 15.8 Å². The first kappa shape index (κ1) is 16.8. The molecule has 1 aliphatic rings. The Labute approximate surface area is 145 Å². The Kier molecular flexibility index (Phi) is 5.40. The summed E-state index contributed by atoms with van der Waals surface area (Å²) in [5.41, 5.74) is 0.761. The molecular weight excluding hydrogens is 324 g/mol. The lowest BCUT2D eigenvalue weighted by molar-refractivity contribution is 0.245. The molecule has 2 aromatic rings. The lowest BCUT2D eigenvalue weighted by Crippen LogP contribution is -2.31. The maximum absolute atomic E-state index is 12.0. The van der Waals surface area contributed by atoms with Gasteiger partial charge in [-0.25, -0.2) is 4.79 Å². The number of aryl methyl sites for hydroxylation is 1. The molecule has 0 unspecified atom stereocenters. The zero-order valence-electron chi connectivity index (χ0n) is 13.9. The van der Waals surface area contributed by atoms with E-state index in [2.05, 4.69) is 32.9 Å². The minimum atomic E-state index is -0.344. The summed E-state index contributed by atoms with van der Waals surface area (Å²) in [7, 11) is 0. The van der Waals surface area contributed by atoms with Gasteiger partial charge in [-0.15, -0.1) is 11.8 Å². The van der Waals surface area contributed by atoms with Crippen molar-refractivity contribution in [2.24, 2.45) is 0 Å². The van der Waals surface area contributed by atoms with Crippen LogP contribution in [0.15, 0.2) is 33.7 Å².